The van der Waals surface area contributed by atoms with Crippen molar-refractivity contribution in [3.8, 4) is 0 Å². The van der Waals surface area contributed by atoms with E-state index in [0.717, 1.165) is 82.4 Å². The van der Waals surface area contributed by atoms with Gasteiger partial charge in [-0.15, -0.1) is 24.0 Å². The Morgan fingerprint density at radius 3 is 2.69 bits per heavy atom. The minimum absolute atomic E-state index is 0. The van der Waals surface area contributed by atoms with Crippen LogP contribution in [0.5, 0.6) is 0 Å². The summed E-state index contributed by atoms with van der Waals surface area (Å²) in [5.74, 6) is 1.31. The third-order valence-corrected chi connectivity index (χ3v) is 5.66. The number of hydrogen-bond acceptors (Lipinski definition) is 4. The lowest BCUT2D eigenvalue weighted by Crippen LogP contribution is -2.44. The van der Waals surface area contributed by atoms with Gasteiger partial charge in [-0.25, -0.2) is 0 Å². The Hall–Kier alpha value is -1.11. The fraction of sp³-hybridized carbons (Fsp3) is 0.682. The summed E-state index contributed by atoms with van der Waals surface area (Å²) in [5.41, 5.74) is 0.283. The lowest BCUT2D eigenvalue weighted by atomic mass is 10.1. The molecule has 2 fully saturated rings. The maximum absolute atomic E-state index is 12.7. The number of ether oxygens (including phenoxy) is 2. The molecule has 2 N–H and O–H groups in total. The van der Waals surface area contributed by atoms with Crippen LogP contribution in [0.25, 0.3) is 0 Å². The highest BCUT2D eigenvalue weighted by molar-refractivity contribution is 14.0. The molecule has 2 saturated heterocycles. The van der Waals surface area contributed by atoms with E-state index in [1.54, 1.807) is 19.2 Å². The fourth-order valence-electron chi connectivity index (χ4n) is 3.89. The van der Waals surface area contributed by atoms with Crippen molar-refractivity contribution >= 4 is 29.9 Å². The summed E-state index contributed by atoms with van der Waals surface area (Å²) in [6.07, 6.45) is -1.33. The second kappa shape index (κ2) is 13.6. The molecule has 0 aliphatic carbocycles. The van der Waals surface area contributed by atoms with Gasteiger partial charge in [-0.1, -0.05) is 12.1 Å². The van der Waals surface area contributed by atoms with Crippen LogP contribution in [0.15, 0.2) is 29.3 Å². The van der Waals surface area contributed by atoms with Crippen molar-refractivity contribution in [3.05, 3.63) is 35.4 Å². The highest BCUT2D eigenvalue weighted by Gasteiger charge is 2.30. The number of aliphatic imine (C=N–C) groups is 1. The normalized spacial score (nSPS) is 22.1. The molecule has 0 saturated carbocycles. The van der Waals surface area contributed by atoms with Crippen molar-refractivity contribution in [2.75, 3.05) is 53.1 Å². The summed E-state index contributed by atoms with van der Waals surface area (Å²) in [4.78, 5) is 6.53. The quantitative estimate of drug-likeness (QED) is 0.206. The lowest BCUT2D eigenvalue weighted by Gasteiger charge is -2.19. The van der Waals surface area contributed by atoms with Crippen LogP contribution in [0.4, 0.5) is 13.2 Å². The van der Waals surface area contributed by atoms with Crippen molar-refractivity contribution in [1.82, 2.24) is 15.5 Å². The molecule has 0 amide bonds. The van der Waals surface area contributed by atoms with Gasteiger partial charge in [0.15, 0.2) is 5.96 Å². The topological polar surface area (TPSA) is 58.1 Å². The molecule has 2 unspecified atom stereocenters. The third-order valence-electron chi connectivity index (χ3n) is 5.66. The number of hydrogen-bond donors (Lipinski definition) is 2. The number of nitrogens with zero attached hydrogens (tertiary/aromatic N) is 2. The predicted octanol–water partition coefficient (Wildman–Crippen LogP) is 3.51. The molecular weight excluding hydrogens is 536 g/mol. The minimum Gasteiger partial charge on any atom is -0.381 e. The smallest absolute Gasteiger partial charge is 0.381 e. The van der Waals surface area contributed by atoms with Gasteiger partial charge in [0.05, 0.1) is 18.8 Å². The first-order chi connectivity index (χ1) is 14.9. The first-order valence-corrected chi connectivity index (χ1v) is 10.9. The molecule has 0 spiro atoms. The van der Waals surface area contributed by atoms with E-state index < -0.39 is 11.7 Å². The zero-order valence-electron chi connectivity index (χ0n) is 18.5. The second-order valence-corrected chi connectivity index (χ2v) is 8.22. The molecule has 0 aromatic heterocycles. The van der Waals surface area contributed by atoms with Gasteiger partial charge in [-0.2, -0.15) is 13.2 Å². The van der Waals surface area contributed by atoms with Crippen LogP contribution in [0.1, 0.15) is 30.4 Å². The van der Waals surface area contributed by atoms with Gasteiger partial charge in [0, 0.05) is 58.4 Å². The van der Waals surface area contributed by atoms with Gasteiger partial charge in [-0.05, 0) is 37.0 Å². The van der Waals surface area contributed by atoms with E-state index in [1.165, 1.54) is 0 Å². The van der Waals surface area contributed by atoms with Crippen LogP contribution in [0.3, 0.4) is 0 Å². The molecule has 0 radical (unpaired) electrons. The summed E-state index contributed by atoms with van der Waals surface area (Å²) in [6, 6.07) is 5.69. The van der Waals surface area contributed by atoms with Crippen molar-refractivity contribution in [3.63, 3.8) is 0 Å². The summed E-state index contributed by atoms with van der Waals surface area (Å²) in [7, 11) is 1.75. The van der Waals surface area contributed by atoms with Crippen molar-refractivity contribution < 1.29 is 22.6 Å². The number of nitrogens with one attached hydrogen (secondary N) is 2. The monoisotopic (exact) mass is 570 g/mol. The molecule has 0 bridgehead atoms. The molecule has 1 aromatic rings. The molecule has 6 nitrogen and oxygen atoms in total. The first kappa shape index (κ1) is 27.1. The largest absolute Gasteiger partial charge is 0.416 e. The van der Waals surface area contributed by atoms with Crippen molar-refractivity contribution in [1.29, 1.82) is 0 Å². The first-order valence-electron chi connectivity index (χ1n) is 10.9. The highest BCUT2D eigenvalue weighted by Crippen LogP contribution is 2.29. The number of alkyl halides is 3. The second-order valence-electron chi connectivity index (χ2n) is 8.22. The highest BCUT2D eigenvalue weighted by atomic mass is 127. The summed E-state index contributed by atoms with van der Waals surface area (Å²) in [5, 5.41) is 6.76. The zero-order valence-corrected chi connectivity index (χ0v) is 20.8. The van der Waals surface area contributed by atoms with E-state index in [1.807, 2.05) is 0 Å². The van der Waals surface area contributed by atoms with Crippen LogP contribution >= 0.6 is 24.0 Å². The average molecular weight is 570 g/mol. The van der Waals surface area contributed by atoms with Gasteiger partial charge in [0.2, 0.25) is 0 Å². The Bertz CT molecular complexity index is 697. The number of rotatable bonds is 9. The maximum atomic E-state index is 12.7. The molecule has 2 atom stereocenters. The molecular formula is C22H34F3IN4O2. The average Bonchev–Trinajstić information content (AvgIpc) is 3.41. The lowest BCUT2D eigenvalue weighted by molar-refractivity contribution is -0.137. The molecule has 32 heavy (non-hydrogen) atoms. The van der Waals surface area contributed by atoms with E-state index in [4.69, 9.17) is 9.47 Å². The Morgan fingerprint density at radius 1 is 1.25 bits per heavy atom. The van der Waals surface area contributed by atoms with Crippen LogP contribution < -0.4 is 10.6 Å². The minimum atomic E-state index is -4.29. The Morgan fingerprint density at radius 2 is 2.03 bits per heavy atom. The third kappa shape index (κ3) is 9.03. The van der Waals surface area contributed by atoms with Gasteiger partial charge in [0.1, 0.15) is 0 Å². The Balaban J connectivity index is 0.00000363. The van der Waals surface area contributed by atoms with Crippen LogP contribution in [-0.4, -0.2) is 70.0 Å². The molecule has 182 valence electrons. The molecule has 2 aliphatic rings. The van der Waals surface area contributed by atoms with Gasteiger partial charge < -0.3 is 20.1 Å². The molecule has 2 aliphatic heterocycles. The predicted molar refractivity (Wildman–Crippen MR) is 129 cm³/mol. The Labute approximate surface area is 205 Å². The van der Waals surface area contributed by atoms with Gasteiger partial charge in [-0.3, -0.25) is 9.89 Å². The Kier molecular flexibility index (Phi) is 11.5. The van der Waals surface area contributed by atoms with Gasteiger partial charge in [0.25, 0.3) is 0 Å². The molecule has 1 aromatic carbocycles. The van der Waals surface area contributed by atoms with E-state index in [9.17, 15) is 13.2 Å². The fourth-order valence-corrected chi connectivity index (χ4v) is 3.89. The molecule has 3 rings (SSSR count). The maximum Gasteiger partial charge on any atom is 0.416 e. The van der Waals surface area contributed by atoms with Gasteiger partial charge >= 0.3 is 6.18 Å². The zero-order chi connectivity index (χ0) is 22.1. The summed E-state index contributed by atoms with van der Waals surface area (Å²) < 4.78 is 49.1. The number of likely N-dealkylation sites (tertiary alicyclic amines) is 1. The van der Waals surface area contributed by atoms with Crippen molar-refractivity contribution in [2.24, 2.45) is 10.9 Å². The van der Waals surface area contributed by atoms with Crippen LogP contribution in [0, 0.1) is 5.92 Å². The van der Waals surface area contributed by atoms with Crippen molar-refractivity contribution in [2.45, 2.75) is 38.0 Å². The van der Waals surface area contributed by atoms with Crippen LogP contribution in [-0.2, 0) is 22.2 Å². The van der Waals surface area contributed by atoms with E-state index in [2.05, 4.69) is 20.5 Å². The summed E-state index contributed by atoms with van der Waals surface area (Å²) >= 11 is 0. The summed E-state index contributed by atoms with van der Waals surface area (Å²) in [6.45, 7) is 6.29. The van der Waals surface area contributed by atoms with Crippen LogP contribution in [0.2, 0.25) is 0 Å². The molecule has 2 heterocycles. The van der Waals surface area contributed by atoms with E-state index in [0.29, 0.717) is 19.1 Å². The SMILES string of the molecule is CN=C(NCCCOCC1CCOC1)NC1CCN(Cc2ccc(C(F)(F)F)cc2)C1.I. The molecule has 10 heteroatoms. The van der Waals surface area contributed by atoms with E-state index >= 15 is 0 Å². The van der Waals surface area contributed by atoms with E-state index in [-0.39, 0.29) is 30.0 Å². The number of benzene rings is 1. The number of halogens is 4. The number of guanidine groups is 1. The standard InChI is InChI=1S/C22H33F3N4O2.HI/c1-26-21(27-9-2-11-30-15-18-8-12-31-16-18)28-20-7-10-29(14-20)13-17-3-5-19(6-4-17)22(23,24)25;/h3-6,18,20H,2,7-16H2,1H3,(H2,26,27,28);1H.